The normalized spacial score (nSPS) is 10.5. The van der Waals surface area contributed by atoms with Gasteiger partial charge in [0.05, 0.1) is 6.54 Å². The fraction of sp³-hybridized carbons (Fsp3) is 0.462. The molecule has 0 unspecified atom stereocenters. The predicted molar refractivity (Wildman–Crippen MR) is 64.3 cm³/mol. The van der Waals surface area contributed by atoms with E-state index in [1.807, 2.05) is 12.1 Å². The molecular weight excluding hydrogens is 202 g/mol. The van der Waals surface area contributed by atoms with Gasteiger partial charge in [-0.15, -0.1) is 0 Å². The molecule has 88 valence electrons. The van der Waals surface area contributed by atoms with Crippen LogP contribution in [0.25, 0.3) is 0 Å². The summed E-state index contributed by atoms with van der Waals surface area (Å²) in [5.41, 5.74) is 2.32. The number of ether oxygens (including phenoxy) is 1. The third kappa shape index (κ3) is 4.03. The third-order valence-corrected chi connectivity index (χ3v) is 2.37. The van der Waals surface area contributed by atoms with E-state index < -0.39 is 0 Å². The van der Waals surface area contributed by atoms with E-state index in [2.05, 4.69) is 31.3 Å². The first-order chi connectivity index (χ1) is 7.63. The Morgan fingerprint density at radius 1 is 1.31 bits per heavy atom. The van der Waals surface area contributed by atoms with E-state index in [4.69, 9.17) is 4.74 Å². The van der Waals surface area contributed by atoms with Crippen molar-refractivity contribution in [3.05, 3.63) is 35.4 Å². The Hall–Kier alpha value is -1.35. The molecule has 0 aliphatic heterocycles. The second kappa shape index (κ2) is 6.28. The fourth-order valence-electron chi connectivity index (χ4n) is 1.36. The first kappa shape index (κ1) is 12.7. The van der Waals surface area contributed by atoms with Gasteiger partial charge in [-0.3, -0.25) is 4.79 Å². The zero-order chi connectivity index (χ0) is 12.0. The highest BCUT2D eigenvalue weighted by atomic mass is 16.5. The zero-order valence-corrected chi connectivity index (χ0v) is 10.1. The molecule has 0 amide bonds. The molecular formula is C13H19NO2. The molecule has 0 aromatic heterocycles. The van der Waals surface area contributed by atoms with Gasteiger partial charge in [0.2, 0.25) is 0 Å². The lowest BCUT2D eigenvalue weighted by atomic mass is 10.0. The number of carbonyl (C=O) groups is 1. The summed E-state index contributed by atoms with van der Waals surface area (Å²) in [5, 5.41) is 2.75. The Kier molecular flexibility index (Phi) is 4.99. The van der Waals surface area contributed by atoms with Gasteiger partial charge in [-0.1, -0.05) is 38.1 Å². The van der Waals surface area contributed by atoms with Gasteiger partial charge in [-0.05, 0) is 24.1 Å². The highest BCUT2D eigenvalue weighted by Crippen LogP contribution is 2.14. The van der Waals surface area contributed by atoms with Crippen LogP contribution in [0.4, 0.5) is 0 Å². The van der Waals surface area contributed by atoms with Crippen LogP contribution in [0.3, 0.4) is 0 Å². The molecule has 0 bridgehead atoms. The maximum Gasteiger partial charge on any atom is 0.320 e. The van der Waals surface area contributed by atoms with Crippen molar-refractivity contribution in [1.82, 2.24) is 5.32 Å². The molecule has 3 nitrogen and oxygen atoms in total. The largest absolute Gasteiger partial charge is 0.460 e. The Morgan fingerprint density at radius 3 is 2.44 bits per heavy atom. The van der Waals surface area contributed by atoms with Crippen LogP contribution in [0.1, 0.15) is 30.9 Å². The van der Waals surface area contributed by atoms with Crippen molar-refractivity contribution in [3.63, 3.8) is 0 Å². The molecule has 0 aliphatic rings. The Morgan fingerprint density at radius 2 is 1.94 bits per heavy atom. The van der Waals surface area contributed by atoms with Gasteiger partial charge in [0.15, 0.2) is 0 Å². The molecule has 1 aromatic rings. The average molecular weight is 221 g/mol. The molecule has 1 N–H and O–H groups in total. The van der Waals surface area contributed by atoms with Gasteiger partial charge in [0.1, 0.15) is 6.61 Å². The van der Waals surface area contributed by atoms with Gasteiger partial charge in [-0.2, -0.15) is 0 Å². The van der Waals surface area contributed by atoms with E-state index in [-0.39, 0.29) is 12.5 Å². The van der Waals surface area contributed by atoms with Crippen LogP contribution >= 0.6 is 0 Å². The molecule has 0 saturated carbocycles. The molecule has 0 saturated heterocycles. The van der Waals surface area contributed by atoms with Crippen molar-refractivity contribution in [2.75, 3.05) is 13.6 Å². The minimum atomic E-state index is -0.226. The van der Waals surface area contributed by atoms with Crippen LogP contribution < -0.4 is 5.32 Å². The number of benzene rings is 1. The van der Waals surface area contributed by atoms with E-state index in [0.29, 0.717) is 12.5 Å². The highest BCUT2D eigenvalue weighted by Gasteiger charge is 2.02. The average Bonchev–Trinajstić information content (AvgIpc) is 2.27. The first-order valence-corrected chi connectivity index (χ1v) is 5.52. The summed E-state index contributed by atoms with van der Waals surface area (Å²) in [6, 6.07) is 8.15. The number of esters is 1. The summed E-state index contributed by atoms with van der Waals surface area (Å²) in [6.45, 7) is 4.91. The van der Waals surface area contributed by atoms with Gasteiger partial charge in [0.25, 0.3) is 0 Å². The molecule has 0 spiro atoms. The van der Waals surface area contributed by atoms with E-state index in [1.165, 1.54) is 5.56 Å². The smallest absolute Gasteiger partial charge is 0.320 e. The maximum absolute atomic E-state index is 11.1. The molecule has 3 heteroatoms. The van der Waals surface area contributed by atoms with Crippen molar-refractivity contribution >= 4 is 5.97 Å². The van der Waals surface area contributed by atoms with Gasteiger partial charge in [0, 0.05) is 0 Å². The van der Waals surface area contributed by atoms with Crippen LogP contribution in [0.2, 0.25) is 0 Å². The minimum absolute atomic E-state index is 0.226. The number of likely N-dealkylation sites (N-methyl/N-ethyl adjacent to an activating group) is 1. The Bertz CT molecular complexity index is 330. The fourth-order valence-corrected chi connectivity index (χ4v) is 1.36. The summed E-state index contributed by atoms with van der Waals surface area (Å²) in [5.74, 6) is 0.302. The Labute approximate surface area is 96.8 Å². The SMILES string of the molecule is CNCC(=O)OCc1ccc(C(C)C)cc1. The predicted octanol–water partition coefficient (Wildman–Crippen LogP) is 2.07. The Balaban J connectivity index is 2.46. The van der Waals surface area contributed by atoms with Crippen molar-refractivity contribution in [3.8, 4) is 0 Å². The molecule has 0 aliphatic carbocycles. The number of rotatable bonds is 5. The van der Waals surface area contributed by atoms with Crippen molar-refractivity contribution in [1.29, 1.82) is 0 Å². The standard InChI is InChI=1S/C13H19NO2/c1-10(2)12-6-4-11(5-7-12)9-16-13(15)8-14-3/h4-7,10,14H,8-9H2,1-3H3. The van der Waals surface area contributed by atoms with Crippen LogP contribution in [-0.2, 0) is 16.1 Å². The number of carbonyl (C=O) groups excluding carboxylic acids is 1. The maximum atomic E-state index is 11.1. The van der Waals surface area contributed by atoms with Crippen molar-refractivity contribution < 1.29 is 9.53 Å². The third-order valence-electron chi connectivity index (χ3n) is 2.37. The summed E-state index contributed by atoms with van der Waals surface area (Å²) < 4.78 is 5.07. The quantitative estimate of drug-likeness (QED) is 0.774. The number of hydrogen-bond donors (Lipinski definition) is 1. The van der Waals surface area contributed by atoms with Crippen LogP contribution in [0, 0.1) is 0 Å². The summed E-state index contributed by atoms with van der Waals surface area (Å²) in [6.07, 6.45) is 0. The zero-order valence-electron chi connectivity index (χ0n) is 10.1. The van der Waals surface area contributed by atoms with Crippen LogP contribution in [-0.4, -0.2) is 19.6 Å². The van der Waals surface area contributed by atoms with Gasteiger partial charge < -0.3 is 10.1 Å². The van der Waals surface area contributed by atoms with Gasteiger partial charge in [-0.25, -0.2) is 0 Å². The lowest BCUT2D eigenvalue weighted by Gasteiger charge is -2.07. The lowest BCUT2D eigenvalue weighted by molar-refractivity contribution is -0.143. The van der Waals surface area contributed by atoms with Crippen molar-refractivity contribution in [2.45, 2.75) is 26.4 Å². The van der Waals surface area contributed by atoms with E-state index in [0.717, 1.165) is 5.56 Å². The van der Waals surface area contributed by atoms with Gasteiger partial charge >= 0.3 is 5.97 Å². The second-order valence-corrected chi connectivity index (χ2v) is 4.09. The van der Waals surface area contributed by atoms with E-state index >= 15 is 0 Å². The topological polar surface area (TPSA) is 38.3 Å². The van der Waals surface area contributed by atoms with E-state index in [9.17, 15) is 4.79 Å². The monoisotopic (exact) mass is 221 g/mol. The highest BCUT2D eigenvalue weighted by molar-refractivity contribution is 5.71. The minimum Gasteiger partial charge on any atom is -0.460 e. The molecule has 16 heavy (non-hydrogen) atoms. The first-order valence-electron chi connectivity index (χ1n) is 5.52. The van der Waals surface area contributed by atoms with Crippen LogP contribution in [0.15, 0.2) is 24.3 Å². The molecule has 1 aromatic carbocycles. The number of nitrogens with one attached hydrogen (secondary N) is 1. The van der Waals surface area contributed by atoms with Crippen molar-refractivity contribution in [2.24, 2.45) is 0 Å². The molecule has 0 fully saturated rings. The van der Waals surface area contributed by atoms with E-state index in [1.54, 1.807) is 7.05 Å². The summed E-state index contributed by atoms with van der Waals surface area (Å²) in [7, 11) is 1.72. The molecule has 0 heterocycles. The molecule has 0 atom stereocenters. The lowest BCUT2D eigenvalue weighted by Crippen LogP contribution is -2.20. The number of hydrogen-bond acceptors (Lipinski definition) is 3. The summed E-state index contributed by atoms with van der Waals surface area (Å²) >= 11 is 0. The second-order valence-electron chi connectivity index (χ2n) is 4.09. The van der Waals surface area contributed by atoms with Crippen LogP contribution in [0.5, 0.6) is 0 Å². The molecule has 1 rings (SSSR count). The molecule has 0 radical (unpaired) electrons. The summed E-state index contributed by atoms with van der Waals surface area (Å²) in [4.78, 5) is 11.1.